The summed E-state index contributed by atoms with van der Waals surface area (Å²) in [5, 5.41) is 7.68. The smallest absolute Gasteiger partial charge is 0.261 e. The van der Waals surface area contributed by atoms with E-state index in [0.717, 1.165) is 17.5 Å². The van der Waals surface area contributed by atoms with Gasteiger partial charge in [-0.15, -0.1) is 11.3 Å². The standard InChI is InChI=1S/C29H35N3O3S/c1-6-21-11-8-9-12-23(21)32(25(33)19-30-27(34)24-13-10-18-36-24)26(22-16-14-20(3)15-17-22)28(35)31-29(4,5)7-2/h8-18,26H,6-7,19H2,1-5H3,(H,30,34)(H,31,35). The molecule has 0 aliphatic carbocycles. The largest absolute Gasteiger partial charge is 0.349 e. The molecule has 7 heteroatoms. The molecular formula is C29H35N3O3S. The number of thiophene rings is 1. The molecule has 190 valence electrons. The van der Waals surface area contributed by atoms with Crippen molar-refractivity contribution in [2.45, 2.75) is 59.0 Å². The van der Waals surface area contributed by atoms with Crippen molar-refractivity contribution in [2.24, 2.45) is 0 Å². The van der Waals surface area contributed by atoms with Gasteiger partial charge >= 0.3 is 0 Å². The summed E-state index contributed by atoms with van der Waals surface area (Å²) < 4.78 is 0. The molecule has 1 aromatic heterocycles. The molecule has 0 aliphatic rings. The molecule has 0 aliphatic heterocycles. The van der Waals surface area contributed by atoms with Crippen molar-refractivity contribution in [3.63, 3.8) is 0 Å². The normalized spacial score (nSPS) is 12.0. The number of amides is 3. The Labute approximate surface area is 217 Å². The van der Waals surface area contributed by atoms with E-state index in [1.165, 1.54) is 11.3 Å². The van der Waals surface area contributed by atoms with E-state index in [1.54, 1.807) is 17.0 Å². The lowest BCUT2D eigenvalue weighted by atomic mass is 9.97. The highest BCUT2D eigenvalue weighted by Crippen LogP contribution is 2.32. The van der Waals surface area contributed by atoms with E-state index in [4.69, 9.17) is 0 Å². The minimum atomic E-state index is -0.907. The van der Waals surface area contributed by atoms with Gasteiger partial charge in [0.1, 0.15) is 6.04 Å². The number of anilines is 1. The van der Waals surface area contributed by atoms with E-state index in [0.29, 0.717) is 22.5 Å². The minimum absolute atomic E-state index is 0.235. The summed E-state index contributed by atoms with van der Waals surface area (Å²) in [6.45, 7) is 9.70. The summed E-state index contributed by atoms with van der Waals surface area (Å²) >= 11 is 1.31. The molecule has 1 atom stereocenters. The maximum absolute atomic E-state index is 13.9. The number of benzene rings is 2. The number of hydrogen-bond acceptors (Lipinski definition) is 4. The molecule has 3 amide bonds. The van der Waals surface area contributed by atoms with Crippen LogP contribution in [0.5, 0.6) is 0 Å². The third-order valence-electron chi connectivity index (χ3n) is 6.29. The maximum atomic E-state index is 13.9. The van der Waals surface area contributed by atoms with Crippen LogP contribution in [0.4, 0.5) is 5.69 Å². The van der Waals surface area contributed by atoms with Crippen molar-refractivity contribution >= 4 is 34.7 Å². The third-order valence-corrected chi connectivity index (χ3v) is 7.16. The number of carbonyl (C=O) groups is 3. The lowest BCUT2D eigenvalue weighted by Crippen LogP contribution is -2.52. The molecule has 0 saturated heterocycles. The van der Waals surface area contributed by atoms with Crippen LogP contribution in [0.3, 0.4) is 0 Å². The molecule has 3 aromatic rings. The average Bonchev–Trinajstić information content (AvgIpc) is 3.41. The summed E-state index contributed by atoms with van der Waals surface area (Å²) in [4.78, 5) is 42.3. The molecule has 0 spiro atoms. The SMILES string of the molecule is CCc1ccccc1N(C(=O)CNC(=O)c1cccs1)C(C(=O)NC(C)(C)CC)c1ccc(C)cc1. The molecule has 0 radical (unpaired) electrons. The number of para-hydroxylation sites is 1. The molecule has 0 fully saturated rings. The van der Waals surface area contributed by atoms with Gasteiger partial charge in [0.2, 0.25) is 11.8 Å². The molecule has 0 bridgehead atoms. The van der Waals surface area contributed by atoms with Crippen LogP contribution in [0.25, 0.3) is 0 Å². The third kappa shape index (κ3) is 6.61. The van der Waals surface area contributed by atoms with Crippen LogP contribution in [0.2, 0.25) is 0 Å². The quantitative estimate of drug-likeness (QED) is 0.386. The minimum Gasteiger partial charge on any atom is -0.349 e. The maximum Gasteiger partial charge on any atom is 0.261 e. The molecule has 3 rings (SSSR count). The number of rotatable bonds is 10. The Bertz CT molecular complexity index is 1190. The monoisotopic (exact) mass is 505 g/mol. The van der Waals surface area contributed by atoms with Crippen molar-refractivity contribution in [1.29, 1.82) is 0 Å². The zero-order valence-electron chi connectivity index (χ0n) is 21.6. The lowest BCUT2D eigenvalue weighted by molar-refractivity contribution is -0.127. The van der Waals surface area contributed by atoms with Crippen LogP contribution in [0.1, 0.15) is 66.5 Å². The second-order valence-electron chi connectivity index (χ2n) is 9.45. The van der Waals surface area contributed by atoms with Gasteiger partial charge in [-0.1, -0.05) is 67.9 Å². The zero-order valence-corrected chi connectivity index (χ0v) is 22.4. The second-order valence-corrected chi connectivity index (χ2v) is 10.4. The van der Waals surface area contributed by atoms with E-state index in [9.17, 15) is 14.4 Å². The topological polar surface area (TPSA) is 78.5 Å². The lowest BCUT2D eigenvalue weighted by Gasteiger charge is -2.35. The van der Waals surface area contributed by atoms with Crippen molar-refractivity contribution in [3.05, 3.63) is 87.6 Å². The van der Waals surface area contributed by atoms with Crippen molar-refractivity contribution < 1.29 is 14.4 Å². The number of carbonyl (C=O) groups excluding carboxylic acids is 3. The molecule has 1 unspecified atom stereocenters. The highest BCUT2D eigenvalue weighted by atomic mass is 32.1. The number of nitrogens with zero attached hydrogens (tertiary/aromatic N) is 1. The van der Waals surface area contributed by atoms with Crippen molar-refractivity contribution in [3.8, 4) is 0 Å². The second kappa shape index (κ2) is 12.0. The summed E-state index contributed by atoms with van der Waals surface area (Å²) in [6.07, 6.45) is 1.42. The van der Waals surface area contributed by atoms with E-state index in [1.807, 2.05) is 88.5 Å². The Hall–Kier alpha value is -3.45. The van der Waals surface area contributed by atoms with Crippen molar-refractivity contribution in [1.82, 2.24) is 10.6 Å². The van der Waals surface area contributed by atoms with Gasteiger partial charge in [-0.3, -0.25) is 19.3 Å². The van der Waals surface area contributed by atoms with Gasteiger partial charge in [-0.05, 0) is 62.3 Å². The predicted molar refractivity (Wildman–Crippen MR) is 146 cm³/mol. The Morgan fingerprint density at radius 1 is 0.972 bits per heavy atom. The fourth-order valence-corrected chi connectivity index (χ4v) is 4.49. The van der Waals surface area contributed by atoms with Gasteiger partial charge < -0.3 is 10.6 Å². The van der Waals surface area contributed by atoms with Crippen LogP contribution < -0.4 is 15.5 Å². The Morgan fingerprint density at radius 3 is 2.28 bits per heavy atom. The van der Waals surface area contributed by atoms with E-state index >= 15 is 0 Å². The summed E-state index contributed by atoms with van der Waals surface area (Å²) in [7, 11) is 0. The number of aryl methyl sites for hydroxylation is 2. The molecule has 36 heavy (non-hydrogen) atoms. The zero-order chi connectivity index (χ0) is 26.3. The van der Waals surface area contributed by atoms with Crippen LogP contribution in [-0.4, -0.2) is 29.8 Å². The first-order chi connectivity index (χ1) is 17.2. The first-order valence-electron chi connectivity index (χ1n) is 12.3. The van der Waals surface area contributed by atoms with Gasteiger partial charge in [0, 0.05) is 11.2 Å². The van der Waals surface area contributed by atoms with Gasteiger partial charge in [-0.25, -0.2) is 0 Å². The van der Waals surface area contributed by atoms with Crippen LogP contribution >= 0.6 is 11.3 Å². The fraction of sp³-hybridized carbons (Fsp3) is 0.345. The van der Waals surface area contributed by atoms with Gasteiger partial charge in [-0.2, -0.15) is 0 Å². The summed E-state index contributed by atoms with van der Waals surface area (Å²) in [6, 6.07) is 17.8. The van der Waals surface area contributed by atoms with Gasteiger partial charge in [0.05, 0.1) is 11.4 Å². The molecule has 2 aromatic carbocycles. The molecule has 6 nitrogen and oxygen atoms in total. The Balaban J connectivity index is 2.07. The van der Waals surface area contributed by atoms with Crippen LogP contribution in [-0.2, 0) is 16.0 Å². The van der Waals surface area contributed by atoms with E-state index < -0.39 is 11.6 Å². The van der Waals surface area contributed by atoms with E-state index in [-0.39, 0.29) is 24.3 Å². The van der Waals surface area contributed by atoms with Crippen molar-refractivity contribution in [2.75, 3.05) is 11.4 Å². The molecular weight excluding hydrogens is 470 g/mol. The first-order valence-corrected chi connectivity index (χ1v) is 13.1. The van der Waals surface area contributed by atoms with Crippen LogP contribution in [0, 0.1) is 6.92 Å². The fourth-order valence-electron chi connectivity index (χ4n) is 3.85. The van der Waals surface area contributed by atoms with Crippen LogP contribution in [0.15, 0.2) is 66.0 Å². The highest BCUT2D eigenvalue weighted by molar-refractivity contribution is 7.12. The first kappa shape index (κ1) is 27.1. The Morgan fingerprint density at radius 2 is 1.67 bits per heavy atom. The predicted octanol–water partition coefficient (Wildman–Crippen LogP) is 5.43. The Kier molecular flexibility index (Phi) is 9.04. The molecule has 1 heterocycles. The molecule has 2 N–H and O–H groups in total. The summed E-state index contributed by atoms with van der Waals surface area (Å²) in [5.74, 6) is -0.948. The number of hydrogen-bond donors (Lipinski definition) is 2. The van der Waals surface area contributed by atoms with E-state index in [2.05, 4.69) is 10.6 Å². The number of nitrogens with one attached hydrogen (secondary N) is 2. The summed E-state index contributed by atoms with van der Waals surface area (Å²) in [5.41, 5.74) is 2.91. The average molecular weight is 506 g/mol. The van der Waals surface area contributed by atoms with Gasteiger partial charge in [0.15, 0.2) is 0 Å². The highest BCUT2D eigenvalue weighted by Gasteiger charge is 2.35. The molecule has 0 saturated carbocycles. The van der Waals surface area contributed by atoms with Gasteiger partial charge in [0.25, 0.3) is 5.91 Å².